The van der Waals surface area contributed by atoms with Crippen LogP contribution in [0.15, 0.2) is 18.2 Å². The van der Waals surface area contributed by atoms with Gasteiger partial charge in [0.2, 0.25) is 5.24 Å². The standard InChI is InChI=1S/2C16H27NO6.C11H19NO5.C8H9NO2.C5H9ClO.C5H11NO.C5H10NO.2CH2Cl2.ClH/c2*1-14(2,3)12(19)22-11(18)10-9-21-16(7,8)17(10)13(20)23-15(4,5)6;1-10(2,3)17-9(15)12-7(8(13)14)6-16-11(12,4)5;1-11-8-3-2-6(5-10)4-7(8)9;1-5(2,3)4(6)7;2*1-6-2-4-7-5-3-6;2*2-1-3;/h2*10H,9H2,1-8H3;7H,6H2,1-5H3,(H,13,14);2-5H,9H2,1H3;1-3H3;2-5H2,1H3;2H,3-5H2,1H3;2*1H2;1H/q;;;;;;+1;;;/t2*10-;7-;;;;;;;/m000......./s1. The number of nitrogen functional groups attached to an aromatic ring is 1. The van der Waals surface area contributed by atoms with Gasteiger partial charge >= 0.3 is 48.1 Å². The number of likely N-dealkylation sites (N-methyl/N-ethyl adjacent to an activating group) is 2. The van der Waals surface area contributed by atoms with Gasteiger partial charge in [0.05, 0.1) is 74.4 Å². The zero-order chi connectivity index (χ0) is 79.8. The highest BCUT2D eigenvalue weighted by atomic mass is 35.5. The molecule has 102 heavy (non-hydrogen) atoms. The van der Waals surface area contributed by atoms with Gasteiger partial charge in [-0.15, -0.1) is 46.4 Å². The molecule has 3 atom stereocenters. The SMILES string of the molecule is CC(C)(C)C(=O)Cl.CC(C)(C)OC(=O)N1[C@H](C(=O)O)COC1(C)C.CC(C)(C)OC(=O)N1[C@H](C(=O)OC(=O)C(C)(C)C)COC1(C)C.CC(C)(C)OC(=O)N1[C@H](C(=O)OC(=O)C(C)(C)C)COC1(C)C.COc1ccc(C=O)cc1N.C[N+]1=CCOCC1.C[NH+]1CCOCC1.ClCCl.ClCCl.[Cl-]. The Kier molecular flexibility index (Phi) is 46.6. The number of rotatable bonds is 5. The highest BCUT2D eigenvalue weighted by Crippen LogP contribution is 2.34. The lowest BCUT2D eigenvalue weighted by Crippen LogP contribution is -3.11. The third kappa shape index (κ3) is 42.1. The molecule has 34 heteroatoms. The summed E-state index contributed by atoms with van der Waals surface area (Å²) in [6, 6.07) is 1.85. The summed E-state index contributed by atoms with van der Waals surface area (Å²) in [5, 5.41) is 9.14. The number of nitrogens with one attached hydrogen (secondary N) is 1. The van der Waals surface area contributed by atoms with Gasteiger partial charge in [-0.25, -0.2) is 33.3 Å². The van der Waals surface area contributed by atoms with E-state index >= 15 is 0 Å². The van der Waals surface area contributed by atoms with E-state index in [-0.39, 0.29) is 53.6 Å². The molecule has 4 N–H and O–H groups in total. The van der Waals surface area contributed by atoms with Crippen molar-refractivity contribution in [1.29, 1.82) is 0 Å². The smallest absolute Gasteiger partial charge is 0.413 e. The first-order valence-corrected chi connectivity index (χ1v) is 34.8. The molecule has 0 aliphatic carbocycles. The van der Waals surface area contributed by atoms with Crippen molar-refractivity contribution in [3.63, 3.8) is 0 Å². The largest absolute Gasteiger partial charge is 1.00 e. The Morgan fingerprint density at radius 1 is 0.598 bits per heavy atom. The van der Waals surface area contributed by atoms with Crippen LogP contribution in [0.2, 0.25) is 0 Å². The van der Waals surface area contributed by atoms with Crippen LogP contribution in [0.5, 0.6) is 5.75 Å². The first kappa shape index (κ1) is 103. The predicted molar refractivity (Wildman–Crippen MR) is 386 cm³/mol. The molecule has 0 bridgehead atoms. The lowest BCUT2D eigenvalue weighted by molar-refractivity contribution is -0.888. The molecule has 0 saturated carbocycles. The first-order valence-electron chi connectivity index (χ1n) is 32.3. The number of esters is 4. The van der Waals surface area contributed by atoms with E-state index in [9.17, 15) is 47.9 Å². The van der Waals surface area contributed by atoms with Crippen molar-refractivity contribution in [2.75, 3.05) is 103 Å². The molecule has 4 saturated heterocycles. The quantitative estimate of drug-likeness (QED) is 0.0378. The van der Waals surface area contributed by atoms with Crippen molar-refractivity contribution in [2.45, 2.75) is 218 Å². The molecule has 4 fully saturated rings. The number of carbonyl (C=O) groups is 10. The normalized spacial score (nSPS) is 18.8. The second-order valence-electron chi connectivity index (χ2n) is 30.3. The molecule has 5 aliphatic heterocycles. The minimum absolute atomic E-state index is 0. The number of halogens is 6. The number of hydrogen-bond donors (Lipinski definition) is 3. The molecule has 28 nitrogen and oxygen atoms in total. The molecule has 0 spiro atoms. The minimum atomic E-state index is -1.10. The number of nitrogens with two attached hydrogens (primary N) is 1. The molecule has 6 rings (SSSR count). The van der Waals surface area contributed by atoms with E-state index in [1.54, 1.807) is 189 Å². The number of quaternary nitrogens is 1. The van der Waals surface area contributed by atoms with Crippen LogP contribution in [-0.2, 0) is 76.1 Å². The number of aldehydes is 1. The summed E-state index contributed by atoms with van der Waals surface area (Å²) in [7, 11) is 5.79. The van der Waals surface area contributed by atoms with E-state index in [0.29, 0.717) is 17.0 Å². The van der Waals surface area contributed by atoms with Gasteiger partial charge in [0.25, 0.3) is 0 Å². The maximum Gasteiger partial charge on any atom is 0.413 e. The van der Waals surface area contributed by atoms with E-state index in [1.165, 1.54) is 30.0 Å². The highest BCUT2D eigenvalue weighted by molar-refractivity contribution is 6.64. The van der Waals surface area contributed by atoms with Gasteiger partial charge < -0.3 is 80.3 Å². The molecule has 1 aromatic rings. The van der Waals surface area contributed by atoms with Gasteiger partial charge in [0.1, 0.15) is 79.4 Å². The molecule has 592 valence electrons. The second-order valence-corrected chi connectivity index (χ2v) is 32.2. The summed E-state index contributed by atoms with van der Waals surface area (Å²) < 4.78 is 59.1. The summed E-state index contributed by atoms with van der Waals surface area (Å²) in [5.74, 6) is -3.45. The number of anilines is 1. The van der Waals surface area contributed by atoms with Crippen LogP contribution in [0, 0.1) is 16.2 Å². The van der Waals surface area contributed by atoms with E-state index in [0.717, 1.165) is 44.2 Å². The Balaban J connectivity index is -0.000000566. The number of aliphatic carboxylic acids is 1. The Morgan fingerprint density at radius 3 is 1.14 bits per heavy atom. The van der Waals surface area contributed by atoms with E-state index in [2.05, 4.69) is 18.7 Å². The Labute approximate surface area is 635 Å². The zero-order valence-electron chi connectivity index (χ0n) is 64.8. The van der Waals surface area contributed by atoms with Crippen molar-refractivity contribution in [3.8, 4) is 5.75 Å². The maximum atomic E-state index is 12.4. The number of amides is 3. The van der Waals surface area contributed by atoms with Crippen molar-refractivity contribution in [3.05, 3.63) is 23.8 Å². The van der Waals surface area contributed by atoms with E-state index < -0.39 is 111 Å². The van der Waals surface area contributed by atoms with E-state index in [1.807, 2.05) is 6.21 Å². The number of carbonyl (C=O) groups excluding carboxylic acids is 9. The molecule has 5 heterocycles. The van der Waals surface area contributed by atoms with Crippen LogP contribution >= 0.6 is 58.0 Å². The average Bonchev–Trinajstić information content (AvgIpc) is 1.63. The van der Waals surface area contributed by atoms with Gasteiger partial charge in [0.15, 0.2) is 30.9 Å². The van der Waals surface area contributed by atoms with E-state index in [4.69, 9.17) is 121 Å². The van der Waals surface area contributed by atoms with Crippen molar-refractivity contribution in [2.24, 2.45) is 16.2 Å². The highest BCUT2D eigenvalue weighted by Gasteiger charge is 2.53. The topological polar surface area (TPSA) is 336 Å². The Bertz CT molecular complexity index is 2740. The predicted octanol–water partition coefficient (Wildman–Crippen LogP) is 7.39. The number of methoxy groups -OCH3 is 1. The summed E-state index contributed by atoms with van der Waals surface area (Å²) in [4.78, 5) is 122. The van der Waals surface area contributed by atoms with Crippen LogP contribution < -0.4 is 27.8 Å². The summed E-state index contributed by atoms with van der Waals surface area (Å²) in [6.45, 7) is 47.5. The fraction of sp³-hybridized carbons (Fsp3) is 0.750. The number of benzene rings is 1. The van der Waals surface area contributed by atoms with Crippen LogP contribution in [0.25, 0.3) is 0 Å². The fourth-order valence-electron chi connectivity index (χ4n) is 7.64. The average molecular weight is 1580 g/mol. The van der Waals surface area contributed by atoms with Gasteiger partial charge in [-0.05, 0) is 175 Å². The van der Waals surface area contributed by atoms with Crippen molar-refractivity contribution < 1.29 is 127 Å². The van der Waals surface area contributed by atoms with Crippen molar-refractivity contribution >= 4 is 130 Å². The second kappa shape index (κ2) is 46.1. The van der Waals surface area contributed by atoms with Crippen LogP contribution in [0.4, 0.5) is 20.1 Å². The molecular formula is C68H117Cl6N6O22+. The number of ether oxygens (including phenoxy) is 11. The monoisotopic (exact) mass is 1580 g/mol. The van der Waals surface area contributed by atoms with Crippen LogP contribution in [-0.4, -0.2) is 240 Å². The van der Waals surface area contributed by atoms with Gasteiger partial charge in [-0.3, -0.25) is 33.9 Å². The summed E-state index contributed by atoms with van der Waals surface area (Å²) in [5.41, 5.74) is -0.574. The lowest BCUT2D eigenvalue weighted by atomic mass is 9.97. The molecule has 5 aliphatic rings. The fourth-order valence-corrected chi connectivity index (χ4v) is 7.64. The first-order chi connectivity index (χ1) is 45.7. The number of alkyl halides is 4. The van der Waals surface area contributed by atoms with Crippen molar-refractivity contribution in [1.82, 2.24) is 14.7 Å². The molecule has 3 amide bonds. The maximum absolute atomic E-state index is 12.4. The summed E-state index contributed by atoms with van der Waals surface area (Å²) in [6.07, 6.45) is 0.738. The lowest BCUT2D eigenvalue weighted by Gasteiger charge is -2.34. The number of morpholine rings is 1. The number of nitrogens with zero attached hydrogens (tertiary/aromatic N) is 4. The molecule has 0 unspecified atom stereocenters. The number of hydrogen-bond acceptors (Lipinski definition) is 22. The number of carboxylic acids is 1. The zero-order valence-corrected chi connectivity index (χ0v) is 69.3. The van der Waals surface area contributed by atoms with Crippen LogP contribution in [0.3, 0.4) is 0 Å². The van der Waals surface area contributed by atoms with Gasteiger partial charge in [0, 0.05) is 11.0 Å². The molecular weight excluding hydrogens is 1470 g/mol. The number of carboxylic acid groups (broad SMARTS) is 1. The Morgan fingerprint density at radius 2 is 0.922 bits per heavy atom. The third-order valence-corrected chi connectivity index (χ3v) is 13.7. The minimum Gasteiger partial charge on any atom is -1.00 e. The molecule has 0 aromatic heterocycles. The van der Waals surface area contributed by atoms with Gasteiger partial charge in [-0.2, -0.15) is 0 Å². The van der Waals surface area contributed by atoms with Crippen LogP contribution in [0.1, 0.15) is 177 Å². The Hall–Kier alpha value is -5.11. The molecule has 1 aromatic carbocycles. The summed E-state index contributed by atoms with van der Waals surface area (Å²) >= 11 is 24.2. The van der Waals surface area contributed by atoms with Gasteiger partial charge in [-0.1, -0.05) is 20.8 Å². The third-order valence-electron chi connectivity index (χ3n) is 13.1. The molecule has 0 radical (unpaired) electrons.